The maximum atomic E-state index is 15.2. The number of carbonyl (C=O) groups excluding carboxylic acids is 13. The van der Waals surface area contributed by atoms with E-state index in [0.717, 1.165) is 10.8 Å². The van der Waals surface area contributed by atoms with E-state index < -0.39 is 144 Å². The molecule has 3 aromatic heterocycles. The zero-order valence-electron chi connectivity index (χ0n) is 65.3. The lowest BCUT2D eigenvalue weighted by atomic mass is 9.99. The first-order valence-corrected chi connectivity index (χ1v) is 39.2. The van der Waals surface area contributed by atoms with E-state index in [4.69, 9.17) is 17.3 Å². The molecule has 0 radical (unpaired) electrons. The fourth-order valence-electron chi connectivity index (χ4n) is 13.0. The summed E-state index contributed by atoms with van der Waals surface area (Å²) in [4.78, 5) is 197. The second kappa shape index (κ2) is 46.6. The third kappa shape index (κ3) is 30.0. The summed E-state index contributed by atoms with van der Waals surface area (Å²) in [5.74, 6) is -9.80. The van der Waals surface area contributed by atoms with Crippen LogP contribution in [0, 0.1) is 5.92 Å². The Morgan fingerprint density at radius 2 is 1.01 bits per heavy atom. The first kappa shape index (κ1) is 89.9. The number of amides is 13. The van der Waals surface area contributed by atoms with Crippen LogP contribution in [0.4, 0.5) is 0 Å². The van der Waals surface area contributed by atoms with Crippen molar-refractivity contribution in [3.05, 3.63) is 173 Å². The molecular weight excluding hydrogens is 1480 g/mol. The number of aliphatic hydroxyl groups is 1. The van der Waals surface area contributed by atoms with Crippen molar-refractivity contribution < 1.29 is 67.4 Å². The molecular formula is C82H108ClN17O14. The van der Waals surface area contributed by atoms with Crippen LogP contribution in [0.2, 0.25) is 5.02 Å². The standard InChI is InChI=1S/C82H108ClN17O14/c1-50(2)42-65(76(108)95-64(27-12-13-37-87-51(3)4)82(114)100-41-19-28-70(100)81(113)91-52(5)71(84)103)96-75(107)63(26-10-15-39-89-72(104)59-23-18-36-86-48-59)93-74(106)62(25-11-16-40-90-73(105)61-24-9-14-38-88-61)94-80(112)69(49-101)99-79(111)68(46-56-20-17-35-85-47-56)98-78(110)67(44-54-30-33-60(83)34-31-54)97-77(109)66(92-53(6)102)45-55-29-32-57-21-7-8-22-58(57)43-55/h7-9,14,17-18,20-24,29-36,38,43,47-48,50-52,62-70,87,101H,10-13,15-16,19,25-28,37,39-42,44-46,49H2,1-6H3,(H2,84,103)(H,89,104)(H,90,105)(H,91,113)(H,92,102)(H,93,106)(H,94,112)(H,95,108)(H,96,107)(H,97,109)(H,98,110)(H,99,111)/t52-,62+,63-,64+,65+,66-,67-,68-,69+,70+/m1/s1. The summed E-state index contributed by atoms with van der Waals surface area (Å²) in [6.45, 7) is 10.2. The Bertz CT molecular complexity index is 4210. The Kier molecular flexibility index (Phi) is 36.8. The van der Waals surface area contributed by atoms with Gasteiger partial charge in [-0.1, -0.05) is 106 Å². The number of primary amides is 1. The minimum absolute atomic E-state index is 0.0275. The van der Waals surface area contributed by atoms with Gasteiger partial charge in [-0.25, -0.2) is 0 Å². The number of benzene rings is 3. The van der Waals surface area contributed by atoms with Gasteiger partial charge in [0, 0.05) is 87.9 Å². The quantitative estimate of drug-likeness (QED) is 0.0244. The van der Waals surface area contributed by atoms with Crippen LogP contribution in [0.25, 0.3) is 10.8 Å². The lowest BCUT2D eigenvalue weighted by Gasteiger charge is -2.31. The van der Waals surface area contributed by atoms with Gasteiger partial charge in [-0.3, -0.25) is 77.3 Å². The van der Waals surface area contributed by atoms with Crippen molar-refractivity contribution in [3.8, 4) is 0 Å². The van der Waals surface area contributed by atoms with Gasteiger partial charge in [-0.05, 0) is 166 Å². The number of pyridine rings is 3. The predicted molar refractivity (Wildman–Crippen MR) is 428 cm³/mol. The molecule has 31 nitrogen and oxygen atoms in total. The molecule has 10 atom stereocenters. The van der Waals surface area contributed by atoms with Crippen LogP contribution >= 0.6 is 11.6 Å². The summed E-state index contributed by atoms with van der Waals surface area (Å²) >= 11 is 6.27. The van der Waals surface area contributed by atoms with Crippen LogP contribution < -0.4 is 69.5 Å². The molecule has 7 rings (SSSR count). The number of rotatable bonds is 46. The van der Waals surface area contributed by atoms with Crippen molar-refractivity contribution >= 4 is 99.2 Å². The molecule has 4 heterocycles. The molecule has 1 aliphatic rings. The highest BCUT2D eigenvalue weighted by Gasteiger charge is 2.40. The Hall–Kier alpha value is -11.3. The van der Waals surface area contributed by atoms with Gasteiger partial charge in [-0.15, -0.1) is 0 Å². The Morgan fingerprint density at radius 1 is 0.500 bits per heavy atom. The molecule has 0 aliphatic carbocycles. The normalized spacial score (nSPS) is 14.9. The van der Waals surface area contributed by atoms with Crippen LogP contribution in [-0.4, -0.2) is 201 Å². The molecule has 13 amide bonds. The number of halogens is 1. The van der Waals surface area contributed by atoms with Gasteiger partial charge in [0.2, 0.25) is 65.0 Å². The van der Waals surface area contributed by atoms with Crippen LogP contribution in [0.15, 0.2) is 140 Å². The minimum atomic E-state index is -1.83. The molecule has 0 unspecified atom stereocenters. The third-order valence-corrected chi connectivity index (χ3v) is 19.3. The van der Waals surface area contributed by atoms with Gasteiger partial charge in [0.05, 0.1) is 12.2 Å². The average molecular weight is 1590 g/mol. The van der Waals surface area contributed by atoms with Crippen molar-refractivity contribution in [2.45, 2.75) is 204 Å². The Balaban J connectivity index is 1.15. The van der Waals surface area contributed by atoms with Gasteiger partial charge in [0.25, 0.3) is 11.8 Å². The number of unbranched alkanes of at least 4 members (excludes halogenated alkanes) is 3. The van der Waals surface area contributed by atoms with Gasteiger partial charge in [0.15, 0.2) is 0 Å². The molecule has 0 spiro atoms. The first-order chi connectivity index (χ1) is 54.7. The van der Waals surface area contributed by atoms with Crippen molar-refractivity contribution in [2.24, 2.45) is 11.7 Å². The fourth-order valence-corrected chi connectivity index (χ4v) is 13.1. The fraction of sp³-hybridized carbons (Fsp3) is 0.463. The molecule has 0 bridgehead atoms. The molecule has 32 heteroatoms. The lowest BCUT2D eigenvalue weighted by molar-refractivity contribution is -0.142. The average Bonchev–Trinajstić information content (AvgIpc) is 1.51. The monoisotopic (exact) mass is 1590 g/mol. The van der Waals surface area contributed by atoms with E-state index >= 15 is 9.59 Å². The topological polar surface area (TPSA) is 454 Å². The SMILES string of the molecule is CC(=O)N[C@H](Cc1ccc2ccccc2c1)C(=O)N[C@H](Cc1ccc(Cl)cc1)C(=O)N[C@H](Cc1cccnc1)C(=O)N[C@@H](CO)C(=O)N[C@@H](CCCCNC(=O)c1ccccn1)C(=O)N[C@H](CCCCNC(=O)c1cccnc1)C(=O)N[C@@H](CC(C)C)C(=O)N[C@@H](CCCCNC(C)C)C(=O)N1CCC[C@H]1C(=O)N[C@H](C)C(N)=O. The zero-order valence-corrected chi connectivity index (χ0v) is 66.1. The summed E-state index contributed by atoms with van der Waals surface area (Å²) in [7, 11) is 0. The zero-order chi connectivity index (χ0) is 82.6. The van der Waals surface area contributed by atoms with E-state index in [-0.39, 0.29) is 114 Å². The van der Waals surface area contributed by atoms with Crippen LogP contribution in [0.3, 0.4) is 0 Å². The van der Waals surface area contributed by atoms with Gasteiger partial charge < -0.3 is 79.5 Å². The molecule has 15 N–H and O–H groups in total. The highest BCUT2D eigenvalue weighted by atomic mass is 35.5. The number of nitrogens with one attached hydrogen (secondary N) is 12. The Labute approximate surface area is 669 Å². The number of hydrogen-bond donors (Lipinski definition) is 14. The molecule has 612 valence electrons. The van der Waals surface area contributed by atoms with Gasteiger partial charge >= 0.3 is 0 Å². The molecule has 1 aliphatic heterocycles. The summed E-state index contributed by atoms with van der Waals surface area (Å²) in [6.07, 6.45) is 9.43. The maximum absolute atomic E-state index is 15.2. The van der Waals surface area contributed by atoms with E-state index in [1.807, 2.05) is 70.2 Å². The molecule has 3 aromatic carbocycles. The second-order valence-electron chi connectivity index (χ2n) is 29.2. The highest BCUT2D eigenvalue weighted by molar-refractivity contribution is 6.30. The number of carbonyl (C=O) groups is 13. The smallest absolute Gasteiger partial charge is 0.269 e. The van der Waals surface area contributed by atoms with E-state index in [2.05, 4.69) is 78.8 Å². The molecule has 114 heavy (non-hydrogen) atoms. The van der Waals surface area contributed by atoms with Crippen LogP contribution in [0.1, 0.15) is 156 Å². The van der Waals surface area contributed by atoms with Crippen LogP contribution in [0.5, 0.6) is 0 Å². The molecule has 6 aromatic rings. The number of aromatic nitrogens is 3. The first-order valence-electron chi connectivity index (χ1n) is 38.8. The largest absolute Gasteiger partial charge is 0.394 e. The number of likely N-dealkylation sites (tertiary alicyclic amines) is 1. The summed E-state index contributed by atoms with van der Waals surface area (Å²) in [5, 5.41) is 46.7. The van der Waals surface area contributed by atoms with E-state index in [1.165, 1.54) is 55.8 Å². The van der Waals surface area contributed by atoms with Gasteiger partial charge in [-0.2, -0.15) is 0 Å². The third-order valence-electron chi connectivity index (χ3n) is 19.1. The predicted octanol–water partition coefficient (Wildman–Crippen LogP) is 2.99. The lowest BCUT2D eigenvalue weighted by Crippen LogP contribution is -2.61. The number of fused-ring (bicyclic) bond motifs is 1. The van der Waals surface area contributed by atoms with Crippen molar-refractivity contribution in [1.29, 1.82) is 0 Å². The number of nitrogens with two attached hydrogens (primary N) is 1. The second-order valence-corrected chi connectivity index (χ2v) is 29.6. The summed E-state index contributed by atoms with van der Waals surface area (Å²) in [6, 6.07) is 17.6. The summed E-state index contributed by atoms with van der Waals surface area (Å²) < 4.78 is 0. The van der Waals surface area contributed by atoms with Crippen molar-refractivity contribution in [2.75, 3.05) is 32.8 Å². The van der Waals surface area contributed by atoms with Crippen molar-refractivity contribution in [1.82, 2.24) is 83.7 Å². The van der Waals surface area contributed by atoms with Crippen LogP contribution in [-0.2, 0) is 72.0 Å². The van der Waals surface area contributed by atoms with E-state index in [0.29, 0.717) is 53.1 Å². The van der Waals surface area contributed by atoms with E-state index in [9.17, 15) is 57.8 Å². The molecule has 0 saturated carbocycles. The van der Waals surface area contributed by atoms with Crippen molar-refractivity contribution in [3.63, 3.8) is 0 Å². The molecule has 1 fully saturated rings. The molecule has 1 saturated heterocycles. The van der Waals surface area contributed by atoms with Gasteiger partial charge in [0.1, 0.15) is 66.1 Å². The summed E-state index contributed by atoms with van der Waals surface area (Å²) in [5.41, 5.74) is 7.60. The Morgan fingerprint density at radius 3 is 1.58 bits per heavy atom. The number of hydrogen-bond acceptors (Lipinski definition) is 18. The number of nitrogens with zero attached hydrogens (tertiary/aromatic N) is 4. The minimum Gasteiger partial charge on any atom is -0.394 e. The maximum Gasteiger partial charge on any atom is 0.269 e. The van der Waals surface area contributed by atoms with E-state index in [1.54, 1.807) is 60.7 Å². The number of aliphatic hydroxyl groups excluding tert-OH is 1. The highest BCUT2D eigenvalue weighted by Crippen LogP contribution is 2.23.